The van der Waals surface area contributed by atoms with Gasteiger partial charge in [0.15, 0.2) is 0 Å². The molecular formula is C15H12Cl2N4O2. The first-order chi connectivity index (χ1) is 10.9. The predicted octanol–water partition coefficient (Wildman–Crippen LogP) is 3.14. The molecule has 0 aliphatic carbocycles. The largest absolute Gasteiger partial charge is 0.352 e. The van der Waals surface area contributed by atoms with Crippen LogP contribution in [0, 0.1) is 18.3 Å². The van der Waals surface area contributed by atoms with Crippen molar-refractivity contribution in [3.8, 4) is 6.07 Å². The summed E-state index contributed by atoms with van der Waals surface area (Å²) >= 11 is 11.9. The molecule has 1 aromatic heterocycles. The quantitative estimate of drug-likeness (QED) is 0.738. The van der Waals surface area contributed by atoms with E-state index in [4.69, 9.17) is 28.5 Å². The molecule has 8 heteroatoms. The fraction of sp³-hybridized carbons (Fsp3) is 0.133. The smallest absolute Gasteiger partial charge is 0.273 e. The number of aromatic nitrogens is 1. The van der Waals surface area contributed by atoms with E-state index in [1.165, 1.54) is 12.1 Å². The Kier molecular flexibility index (Phi) is 5.27. The summed E-state index contributed by atoms with van der Waals surface area (Å²) in [6, 6.07) is 8.05. The Hall–Kier alpha value is -2.49. The molecule has 1 heterocycles. The third kappa shape index (κ3) is 3.83. The number of hydrogen-bond donors (Lipinski definition) is 3. The number of halogens is 2. The molecule has 0 saturated carbocycles. The summed E-state index contributed by atoms with van der Waals surface area (Å²) in [5, 5.41) is 14.0. The van der Waals surface area contributed by atoms with Crippen molar-refractivity contribution in [1.29, 1.82) is 5.26 Å². The van der Waals surface area contributed by atoms with E-state index in [0.717, 1.165) is 0 Å². The van der Waals surface area contributed by atoms with Gasteiger partial charge in [-0.05, 0) is 31.2 Å². The number of nitrogens with zero attached hydrogens (tertiary/aromatic N) is 1. The number of rotatable bonds is 4. The second-order valence-electron chi connectivity index (χ2n) is 4.63. The molecule has 2 amide bonds. The number of benzene rings is 1. The third-order valence-corrected chi connectivity index (χ3v) is 3.96. The van der Waals surface area contributed by atoms with E-state index < -0.39 is 5.91 Å². The van der Waals surface area contributed by atoms with Crippen molar-refractivity contribution in [3.63, 3.8) is 0 Å². The molecule has 6 nitrogen and oxygen atoms in total. The van der Waals surface area contributed by atoms with Crippen LogP contribution in [0.3, 0.4) is 0 Å². The van der Waals surface area contributed by atoms with Gasteiger partial charge in [-0.3, -0.25) is 9.59 Å². The van der Waals surface area contributed by atoms with Gasteiger partial charge in [0.25, 0.3) is 11.8 Å². The average Bonchev–Trinajstić information content (AvgIpc) is 2.81. The maximum atomic E-state index is 12.2. The summed E-state index contributed by atoms with van der Waals surface area (Å²) in [5.41, 5.74) is 1.65. The standard InChI is InChI=1S/C15H12Cl2N4O2/c1-8-11(16)12(17)13(20-8)15(23)21-10-4-2-9(3-5-10)14(22)19-7-6-18/h2-5,20H,7H2,1H3,(H,19,22)(H,21,23). The fourth-order valence-electron chi connectivity index (χ4n) is 1.85. The molecule has 1 aromatic carbocycles. The van der Waals surface area contributed by atoms with Crippen molar-refractivity contribution < 1.29 is 9.59 Å². The van der Waals surface area contributed by atoms with Gasteiger partial charge in [0, 0.05) is 16.9 Å². The zero-order valence-electron chi connectivity index (χ0n) is 12.0. The number of nitrogens with one attached hydrogen (secondary N) is 3. The van der Waals surface area contributed by atoms with Crippen molar-refractivity contribution >= 4 is 40.7 Å². The van der Waals surface area contributed by atoms with Gasteiger partial charge in [-0.1, -0.05) is 23.2 Å². The summed E-state index contributed by atoms with van der Waals surface area (Å²) in [7, 11) is 0. The van der Waals surface area contributed by atoms with Crippen molar-refractivity contribution in [2.75, 3.05) is 11.9 Å². The Bertz CT molecular complexity index is 791. The van der Waals surface area contributed by atoms with Crippen LogP contribution in [0.15, 0.2) is 24.3 Å². The minimum absolute atomic E-state index is 0.0667. The van der Waals surface area contributed by atoms with Gasteiger partial charge in [0.1, 0.15) is 12.2 Å². The Morgan fingerprint density at radius 1 is 1.17 bits per heavy atom. The summed E-state index contributed by atoms with van der Waals surface area (Å²) in [6.45, 7) is 1.64. The van der Waals surface area contributed by atoms with E-state index in [-0.39, 0.29) is 23.2 Å². The van der Waals surface area contributed by atoms with Gasteiger partial charge < -0.3 is 15.6 Å². The molecule has 2 aromatic rings. The van der Waals surface area contributed by atoms with Crippen LogP contribution >= 0.6 is 23.2 Å². The number of carbonyl (C=O) groups is 2. The molecule has 0 aliphatic heterocycles. The molecule has 0 spiro atoms. The molecule has 0 aliphatic rings. The van der Waals surface area contributed by atoms with E-state index in [2.05, 4.69) is 15.6 Å². The first-order valence-corrected chi connectivity index (χ1v) is 7.29. The number of aromatic amines is 1. The fourth-order valence-corrected chi connectivity index (χ4v) is 2.26. The Balaban J connectivity index is 2.09. The van der Waals surface area contributed by atoms with E-state index in [1.54, 1.807) is 19.1 Å². The highest BCUT2D eigenvalue weighted by molar-refractivity contribution is 6.44. The maximum Gasteiger partial charge on any atom is 0.273 e. The lowest BCUT2D eigenvalue weighted by molar-refractivity contribution is 0.0957. The first kappa shape index (κ1) is 16.9. The van der Waals surface area contributed by atoms with Crippen LogP contribution in [0.4, 0.5) is 5.69 Å². The predicted molar refractivity (Wildman–Crippen MR) is 87.9 cm³/mol. The van der Waals surface area contributed by atoms with E-state index >= 15 is 0 Å². The maximum absolute atomic E-state index is 12.2. The third-order valence-electron chi connectivity index (χ3n) is 3.01. The van der Waals surface area contributed by atoms with Gasteiger partial charge in [-0.25, -0.2) is 0 Å². The number of aryl methyl sites for hydroxylation is 1. The second-order valence-corrected chi connectivity index (χ2v) is 5.38. The molecule has 23 heavy (non-hydrogen) atoms. The highest BCUT2D eigenvalue weighted by atomic mass is 35.5. The molecular weight excluding hydrogens is 339 g/mol. The number of carbonyl (C=O) groups excluding carboxylic acids is 2. The summed E-state index contributed by atoms with van der Waals surface area (Å²) in [4.78, 5) is 26.6. The van der Waals surface area contributed by atoms with Gasteiger partial charge in [0.05, 0.1) is 16.1 Å². The van der Waals surface area contributed by atoms with Gasteiger partial charge >= 0.3 is 0 Å². The zero-order valence-corrected chi connectivity index (χ0v) is 13.5. The molecule has 0 fully saturated rings. The topological polar surface area (TPSA) is 97.8 Å². The van der Waals surface area contributed by atoms with Crippen LogP contribution < -0.4 is 10.6 Å². The lowest BCUT2D eigenvalue weighted by Gasteiger charge is -2.06. The first-order valence-electron chi connectivity index (χ1n) is 6.54. The Labute approximate surface area is 142 Å². The minimum Gasteiger partial charge on any atom is -0.352 e. The van der Waals surface area contributed by atoms with Crippen molar-refractivity contribution in [3.05, 3.63) is 51.3 Å². The van der Waals surface area contributed by atoms with E-state index in [9.17, 15) is 9.59 Å². The normalized spacial score (nSPS) is 10.0. The summed E-state index contributed by atoms with van der Waals surface area (Å²) in [6.07, 6.45) is 0. The number of amides is 2. The number of nitriles is 1. The molecule has 118 valence electrons. The van der Waals surface area contributed by atoms with Gasteiger partial charge in [0.2, 0.25) is 0 Å². The molecule has 3 N–H and O–H groups in total. The van der Waals surface area contributed by atoms with E-state index in [0.29, 0.717) is 22.0 Å². The second kappa shape index (κ2) is 7.18. The highest BCUT2D eigenvalue weighted by Crippen LogP contribution is 2.29. The Morgan fingerprint density at radius 2 is 1.83 bits per heavy atom. The summed E-state index contributed by atoms with van der Waals surface area (Å²) in [5.74, 6) is -0.800. The van der Waals surface area contributed by atoms with Crippen LogP contribution in [0.2, 0.25) is 10.0 Å². The van der Waals surface area contributed by atoms with Gasteiger partial charge in [-0.15, -0.1) is 0 Å². The molecule has 0 unspecified atom stereocenters. The van der Waals surface area contributed by atoms with Crippen molar-refractivity contribution in [2.24, 2.45) is 0 Å². The molecule has 0 atom stereocenters. The monoisotopic (exact) mass is 350 g/mol. The van der Waals surface area contributed by atoms with Crippen LogP contribution in [0.1, 0.15) is 26.5 Å². The SMILES string of the molecule is Cc1[nH]c(C(=O)Nc2ccc(C(=O)NCC#N)cc2)c(Cl)c1Cl. The zero-order chi connectivity index (χ0) is 17.0. The minimum atomic E-state index is -0.438. The lowest BCUT2D eigenvalue weighted by Crippen LogP contribution is -2.23. The number of hydrogen-bond acceptors (Lipinski definition) is 3. The molecule has 0 saturated heterocycles. The Morgan fingerprint density at radius 3 is 2.35 bits per heavy atom. The van der Waals surface area contributed by atoms with E-state index in [1.807, 2.05) is 6.07 Å². The highest BCUT2D eigenvalue weighted by Gasteiger charge is 2.18. The molecule has 2 rings (SSSR count). The van der Waals surface area contributed by atoms with Crippen molar-refractivity contribution in [1.82, 2.24) is 10.3 Å². The number of anilines is 1. The molecule has 0 bridgehead atoms. The number of H-pyrrole nitrogens is 1. The summed E-state index contributed by atoms with van der Waals surface area (Å²) < 4.78 is 0. The van der Waals surface area contributed by atoms with Crippen LogP contribution in [0.25, 0.3) is 0 Å². The van der Waals surface area contributed by atoms with Crippen LogP contribution in [-0.4, -0.2) is 23.3 Å². The average molecular weight is 351 g/mol. The van der Waals surface area contributed by atoms with Crippen molar-refractivity contribution in [2.45, 2.75) is 6.92 Å². The van der Waals surface area contributed by atoms with Gasteiger partial charge in [-0.2, -0.15) is 5.26 Å². The molecule has 0 radical (unpaired) electrons. The lowest BCUT2D eigenvalue weighted by atomic mass is 10.2. The van der Waals surface area contributed by atoms with Crippen LogP contribution in [0.5, 0.6) is 0 Å². The van der Waals surface area contributed by atoms with Crippen LogP contribution in [-0.2, 0) is 0 Å².